The molecule has 1 N–H and O–H groups in total. The smallest absolute Gasteiger partial charge is 0.310 e. The lowest BCUT2D eigenvalue weighted by atomic mass is 10.0. The fraction of sp³-hybridized carbons (Fsp3) is 0.133. The van der Waals surface area contributed by atoms with Crippen molar-refractivity contribution in [2.45, 2.75) is 22.6 Å². The lowest BCUT2D eigenvalue weighted by Crippen LogP contribution is -2.13. The molecule has 2 aromatic carbocycles. The first-order valence-electron chi connectivity index (χ1n) is 6.23. The lowest BCUT2D eigenvalue weighted by molar-refractivity contribution is -0.138. The molecule has 0 aliphatic carbocycles. The minimum atomic E-state index is -1.44. The van der Waals surface area contributed by atoms with Gasteiger partial charge in [-0.15, -0.1) is 0 Å². The molecule has 0 radical (unpaired) electrons. The molecule has 1 aliphatic rings. The van der Waals surface area contributed by atoms with Crippen molar-refractivity contribution >= 4 is 28.7 Å². The number of carbonyl (C=O) groups is 1. The molecule has 2 unspecified atom stereocenters. The second-order valence-electron chi connectivity index (χ2n) is 4.73. The van der Waals surface area contributed by atoms with E-state index in [4.69, 9.17) is 21.4 Å². The molecule has 108 valence electrons. The molecule has 0 aromatic heterocycles. The van der Waals surface area contributed by atoms with Crippen LogP contribution in [0.3, 0.4) is 0 Å². The molecular weight excluding hydrogens is 312 g/mol. The molecule has 0 amide bonds. The van der Waals surface area contributed by atoms with Crippen molar-refractivity contribution in [3.8, 4) is 11.5 Å². The van der Waals surface area contributed by atoms with E-state index in [0.717, 1.165) is 0 Å². The van der Waals surface area contributed by atoms with Gasteiger partial charge in [0.2, 0.25) is 9.79 Å². The van der Waals surface area contributed by atoms with E-state index in [1.54, 1.807) is 43.3 Å². The Labute approximate surface area is 129 Å². The SMILES string of the molecule is CC(C(=O)O)c1ccc2c(c1)[S+]([O-])c1cc(Cl)ccc1O2. The van der Waals surface area contributed by atoms with Gasteiger partial charge in [0.1, 0.15) is 0 Å². The van der Waals surface area contributed by atoms with Crippen LogP contribution in [-0.4, -0.2) is 15.6 Å². The van der Waals surface area contributed by atoms with E-state index in [9.17, 15) is 9.35 Å². The van der Waals surface area contributed by atoms with Crippen LogP contribution in [0.4, 0.5) is 0 Å². The van der Waals surface area contributed by atoms with Crippen molar-refractivity contribution in [2.75, 3.05) is 0 Å². The van der Waals surface area contributed by atoms with Crippen LogP contribution in [0.15, 0.2) is 46.2 Å². The Kier molecular flexibility index (Phi) is 3.57. The maximum absolute atomic E-state index is 12.6. The number of hydrogen-bond acceptors (Lipinski definition) is 3. The molecule has 21 heavy (non-hydrogen) atoms. The molecule has 4 nitrogen and oxygen atoms in total. The number of aliphatic carboxylic acids is 1. The van der Waals surface area contributed by atoms with E-state index in [-0.39, 0.29) is 0 Å². The zero-order chi connectivity index (χ0) is 15.1. The number of rotatable bonds is 2. The molecule has 2 aromatic rings. The van der Waals surface area contributed by atoms with E-state index in [0.29, 0.717) is 31.9 Å². The third-order valence-corrected chi connectivity index (χ3v) is 5.04. The highest BCUT2D eigenvalue weighted by molar-refractivity contribution is 7.91. The molecule has 6 heteroatoms. The van der Waals surface area contributed by atoms with Crippen molar-refractivity contribution < 1.29 is 19.2 Å². The molecular formula is C15H11ClO4S. The number of carboxylic acids is 1. The van der Waals surface area contributed by atoms with Gasteiger partial charge in [-0.2, -0.15) is 0 Å². The summed E-state index contributed by atoms with van der Waals surface area (Å²) in [6, 6.07) is 9.89. The Bertz CT molecular complexity index is 732. The summed E-state index contributed by atoms with van der Waals surface area (Å²) in [5.41, 5.74) is 0.587. The van der Waals surface area contributed by atoms with E-state index < -0.39 is 23.1 Å². The summed E-state index contributed by atoms with van der Waals surface area (Å²) in [4.78, 5) is 12.0. The van der Waals surface area contributed by atoms with Crippen molar-refractivity contribution in [2.24, 2.45) is 0 Å². The third-order valence-electron chi connectivity index (χ3n) is 3.36. The Balaban J connectivity index is 2.07. The van der Waals surface area contributed by atoms with Gasteiger partial charge in [-0.05, 0) is 30.7 Å². The van der Waals surface area contributed by atoms with Gasteiger partial charge < -0.3 is 14.4 Å². The first-order chi connectivity index (χ1) is 9.97. The number of halogens is 1. The maximum atomic E-state index is 12.6. The van der Waals surface area contributed by atoms with Crippen LogP contribution in [0, 0.1) is 0 Å². The summed E-state index contributed by atoms with van der Waals surface area (Å²) in [5.74, 6) is -0.622. The van der Waals surface area contributed by atoms with E-state index in [2.05, 4.69) is 0 Å². The molecule has 1 heterocycles. The van der Waals surface area contributed by atoms with E-state index in [1.165, 1.54) is 0 Å². The number of hydrogen-bond donors (Lipinski definition) is 1. The second kappa shape index (κ2) is 5.26. The zero-order valence-corrected chi connectivity index (χ0v) is 12.6. The van der Waals surface area contributed by atoms with Gasteiger partial charge in [-0.3, -0.25) is 4.79 Å². The highest BCUT2D eigenvalue weighted by Gasteiger charge is 2.32. The molecule has 0 fully saturated rings. The first-order valence-corrected chi connectivity index (χ1v) is 7.76. The topological polar surface area (TPSA) is 69.6 Å². The molecule has 3 rings (SSSR count). The van der Waals surface area contributed by atoms with E-state index in [1.807, 2.05) is 0 Å². The quantitative estimate of drug-likeness (QED) is 0.854. The van der Waals surface area contributed by atoms with Crippen LogP contribution in [0.2, 0.25) is 5.02 Å². The summed E-state index contributed by atoms with van der Waals surface area (Å²) in [7, 11) is 0. The molecule has 0 spiro atoms. The van der Waals surface area contributed by atoms with Crippen molar-refractivity contribution in [3.63, 3.8) is 0 Å². The second-order valence-corrected chi connectivity index (χ2v) is 6.58. The summed E-state index contributed by atoms with van der Waals surface area (Å²) in [6.07, 6.45) is 0. The summed E-state index contributed by atoms with van der Waals surface area (Å²) in [5, 5.41) is 9.55. The van der Waals surface area contributed by atoms with Crippen LogP contribution in [-0.2, 0) is 16.0 Å². The van der Waals surface area contributed by atoms with Crippen molar-refractivity contribution in [3.05, 3.63) is 47.0 Å². The maximum Gasteiger partial charge on any atom is 0.310 e. The third kappa shape index (κ3) is 2.48. The van der Waals surface area contributed by atoms with Gasteiger partial charge in [-0.25, -0.2) is 0 Å². The van der Waals surface area contributed by atoms with Gasteiger partial charge in [0.05, 0.1) is 5.92 Å². The molecule has 0 saturated heterocycles. The van der Waals surface area contributed by atoms with Crippen LogP contribution >= 0.6 is 11.6 Å². The van der Waals surface area contributed by atoms with Crippen LogP contribution in [0.25, 0.3) is 0 Å². The number of carboxylic acid groups (broad SMARTS) is 1. The number of benzene rings is 2. The zero-order valence-electron chi connectivity index (χ0n) is 11.0. The Morgan fingerprint density at radius 2 is 1.86 bits per heavy atom. The Morgan fingerprint density at radius 1 is 1.24 bits per heavy atom. The fourth-order valence-corrected chi connectivity index (χ4v) is 3.65. The van der Waals surface area contributed by atoms with E-state index >= 15 is 0 Å². The molecule has 0 saturated carbocycles. The summed E-state index contributed by atoms with van der Waals surface area (Å²) < 4.78 is 18.3. The van der Waals surface area contributed by atoms with Crippen LogP contribution < -0.4 is 4.74 Å². The normalized spacial score (nSPS) is 17.4. The number of fused-ring (bicyclic) bond motifs is 2. The van der Waals surface area contributed by atoms with Gasteiger partial charge in [-0.1, -0.05) is 17.7 Å². The first kappa shape index (κ1) is 14.3. The Hall–Kier alpha value is -1.69. The van der Waals surface area contributed by atoms with Crippen LogP contribution in [0.1, 0.15) is 18.4 Å². The number of ether oxygens (including phenoxy) is 1. The molecule has 1 aliphatic heterocycles. The monoisotopic (exact) mass is 322 g/mol. The predicted molar refractivity (Wildman–Crippen MR) is 78.7 cm³/mol. The molecule has 0 bridgehead atoms. The van der Waals surface area contributed by atoms with Gasteiger partial charge >= 0.3 is 5.97 Å². The average Bonchev–Trinajstić information content (AvgIpc) is 2.47. The van der Waals surface area contributed by atoms with Crippen molar-refractivity contribution in [1.82, 2.24) is 0 Å². The largest absolute Gasteiger partial charge is 0.606 e. The summed E-state index contributed by atoms with van der Waals surface area (Å²) >= 11 is 4.48. The van der Waals surface area contributed by atoms with Gasteiger partial charge in [0, 0.05) is 28.3 Å². The minimum Gasteiger partial charge on any atom is -0.606 e. The van der Waals surface area contributed by atoms with Crippen LogP contribution in [0.5, 0.6) is 11.5 Å². The Morgan fingerprint density at radius 3 is 2.52 bits per heavy atom. The molecule has 2 atom stereocenters. The summed E-state index contributed by atoms with van der Waals surface area (Å²) in [6.45, 7) is 1.58. The minimum absolute atomic E-state index is 0.468. The van der Waals surface area contributed by atoms with Gasteiger partial charge in [0.25, 0.3) is 0 Å². The van der Waals surface area contributed by atoms with Crippen molar-refractivity contribution in [1.29, 1.82) is 0 Å². The standard InChI is InChI=1S/C15H11ClO4S/c1-8(15(17)18)9-2-4-11-13(6-9)21(19)14-7-10(16)3-5-12(14)20-11/h2-8H,1H3,(H,17,18). The fourth-order valence-electron chi connectivity index (χ4n) is 2.11. The predicted octanol–water partition coefficient (Wildman–Crippen LogP) is 3.80. The average molecular weight is 323 g/mol. The highest BCUT2D eigenvalue weighted by atomic mass is 35.5. The van der Waals surface area contributed by atoms with Gasteiger partial charge in [0.15, 0.2) is 11.5 Å². The lowest BCUT2D eigenvalue weighted by Gasteiger charge is -2.22. The highest BCUT2D eigenvalue weighted by Crippen LogP contribution is 2.44.